The van der Waals surface area contributed by atoms with Gasteiger partial charge in [-0.05, 0) is 33.7 Å². The number of hydrogen-bond donors (Lipinski definition) is 1. The number of hydrogen-bond acceptors (Lipinski definition) is 1. The van der Waals surface area contributed by atoms with Crippen molar-refractivity contribution >= 4 is 56.3 Å². The number of amidine groups is 2. The first kappa shape index (κ1) is 27.4. The highest BCUT2D eigenvalue weighted by atomic mass is 15.6. The van der Waals surface area contributed by atoms with Crippen LogP contribution in [0, 0.1) is 5.41 Å². The van der Waals surface area contributed by atoms with Crippen LogP contribution in [-0.2, 0) is 0 Å². The van der Waals surface area contributed by atoms with Gasteiger partial charge in [-0.2, -0.15) is 0 Å². The summed E-state index contributed by atoms with van der Waals surface area (Å²) in [5.74, 6) is 0.792. The smallest absolute Gasteiger partial charge is 0.157 e. The molecule has 1 aromatic heterocycles. The zero-order chi connectivity index (χ0) is 29.8. The van der Waals surface area contributed by atoms with Crippen molar-refractivity contribution in [2.45, 2.75) is 0 Å². The molecule has 0 aliphatic carbocycles. The fraction of sp³-hybridized carbons (Fsp3) is 0.0256. The first-order valence-corrected chi connectivity index (χ1v) is 14.2. The molecule has 5 aromatic carbocycles. The average molecular weight is 557 g/mol. The quantitative estimate of drug-likeness (QED) is 0.167. The van der Waals surface area contributed by atoms with E-state index in [0.717, 1.165) is 54.8 Å². The molecular weight excluding hydrogens is 524 g/mol. The molecule has 0 saturated heterocycles. The van der Waals surface area contributed by atoms with E-state index in [9.17, 15) is 0 Å². The summed E-state index contributed by atoms with van der Waals surface area (Å²) in [5, 5.41) is 16.5. The summed E-state index contributed by atoms with van der Waals surface area (Å²) in [6.45, 7) is 8.56. The monoisotopic (exact) mass is 556 g/mol. The predicted octanol–water partition coefficient (Wildman–Crippen LogP) is 9.40. The van der Waals surface area contributed by atoms with Gasteiger partial charge >= 0.3 is 0 Å². The highest BCUT2D eigenvalue weighted by Crippen LogP contribution is 2.32. The highest BCUT2D eigenvalue weighted by Gasteiger charge is 2.18. The van der Waals surface area contributed by atoms with Gasteiger partial charge in [-0.25, -0.2) is 4.99 Å². The average Bonchev–Trinajstić information content (AvgIpc) is 3.11. The van der Waals surface area contributed by atoms with Crippen LogP contribution in [0.15, 0.2) is 152 Å². The molecule has 6 aromatic rings. The molecule has 0 spiro atoms. The van der Waals surface area contributed by atoms with Crippen LogP contribution in [0.4, 0.5) is 0 Å². The van der Waals surface area contributed by atoms with E-state index in [1.54, 1.807) is 0 Å². The van der Waals surface area contributed by atoms with Crippen molar-refractivity contribution in [3.63, 3.8) is 0 Å². The van der Waals surface area contributed by atoms with Gasteiger partial charge in [0, 0.05) is 29.1 Å². The molecule has 4 heteroatoms. The molecule has 1 heterocycles. The van der Waals surface area contributed by atoms with Gasteiger partial charge in [0.2, 0.25) is 0 Å². The molecule has 0 radical (unpaired) electrons. The molecule has 0 unspecified atom stereocenters. The number of nitrogens with one attached hydrogen (secondary N) is 1. The Labute approximate surface area is 252 Å². The van der Waals surface area contributed by atoms with E-state index in [1.165, 1.54) is 0 Å². The number of benzene rings is 5. The summed E-state index contributed by atoms with van der Waals surface area (Å²) in [4.78, 5) is 4.95. The Kier molecular flexibility index (Phi) is 7.66. The Morgan fingerprint density at radius 2 is 1.07 bits per heavy atom. The maximum atomic E-state index is 8.96. The third kappa shape index (κ3) is 5.11. The molecule has 0 atom stereocenters. The Hall–Kier alpha value is -5.74. The van der Waals surface area contributed by atoms with E-state index in [4.69, 9.17) is 10.4 Å². The summed E-state index contributed by atoms with van der Waals surface area (Å²) in [7, 11) is 1.99. The minimum absolute atomic E-state index is 0.174. The van der Waals surface area contributed by atoms with Crippen LogP contribution >= 0.6 is 0 Å². The zero-order valence-corrected chi connectivity index (χ0v) is 24.1. The van der Waals surface area contributed by atoms with Crippen LogP contribution in [0.2, 0.25) is 0 Å². The molecule has 0 saturated carbocycles. The summed E-state index contributed by atoms with van der Waals surface area (Å²) < 4.78 is 2.14. The fourth-order valence-corrected chi connectivity index (χ4v) is 5.68. The maximum Gasteiger partial charge on any atom is 0.157 e. The largest absolute Gasteiger partial charge is 0.282 e. The lowest BCUT2D eigenvalue weighted by atomic mass is 10.0. The molecule has 0 amide bonds. The van der Waals surface area contributed by atoms with Gasteiger partial charge in [0.05, 0.1) is 11.2 Å². The van der Waals surface area contributed by atoms with Crippen molar-refractivity contribution in [3.8, 4) is 0 Å². The van der Waals surface area contributed by atoms with Crippen molar-refractivity contribution in [1.29, 1.82) is 5.41 Å². The van der Waals surface area contributed by atoms with E-state index < -0.39 is 0 Å². The summed E-state index contributed by atoms with van der Waals surface area (Å²) in [6, 6.07) is 45.0. The predicted molar refractivity (Wildman–Crippen MR) is 185 cm³/mol. The van der Waals surface area contributed by atoms with E-state index in [-0.39, 0.29) is 5.84 Å². The first-order chi connectivity index (χ1) is 21.1. The molecule has 1 N–H and O–H groups in total. The second-order valence-corrected chi connectivity index (χ2v) is 10.2. The molecule has 43 heavy (non-hydrogen) atoms. The van der Waals surface area contributed by atoms with Gasteiger partial charge in [0.25, 0.3) is 0 Å². The number of fused-ring (bicyclic) bond motifs is 5. The van der Waals surface area contributed by atoms with Gasteiger partial charge < -0.3 is 0 Å². The van der Waals surface area contributed by atoms with Gasteiger partial charge in [0.1, 0.15) is 0 Å². The number of aliphatic imine (C=N–C) groups is 1. The lowest BCUT2D eigenvalue weighted by Crippen LogP contribution is -2.39. The SMILES string of the molecule is C=Cc1c(C=C)n(N(C)C(=NC(=N)c2ccccc2)c2ccccc2)c2ccccc2c2ccccc2c2ccccc12. The minimum Gasteiger partial charge on any atom is -0.282 e. The standard InChI is InChI=1S/C39H32N4/c1-4-30-31-22-12-13-23-32(31)33-24-14-15-25-34(33)35-26-16-17-27-37(35)43(36(30)5-2)42(3)39(29-20-10-7-11-21-29)41-38(40)28-18-8-6-9-19-28/h4-27,40H,1-2H2,3H3. The molecule has 4 nitrogen and oxygen atoms in total. The topological polar surface area (TPSA) is 44.4 Å². The van der Waals surface area contributed by atoms with Crippen molar-refractivity contribution in [3.05, 3.63) is 169 Å². The molecule has 0 bridgehead atoms. The van der Waals surface area contributed by atoms with Crippen molar-refractivity contribution < 1.29 is 0 Å². The number of nitrogens with zero attached hydrogens (tertiary/aromatic N) is 3. The van der Waals surface area contributed by atoms with Crippen molar-refractivity contribution in [2.75, 3.05) is 12.1 Å². The fourth-order valence-electron chi connectivity index (χ4n) is 5.68. The Morgan fingerprint density at radius 3 is 1.65 bits per heavy atom. The number of rotatable bonds is 5. The third-order valence-corrected chi connectivity index (χ3v) is 7.66. The molecule has 0 fully saturated rings. The van der Waals surface area contributed by atoms with Gasteiger partial charge in [-0.1, -0.05) is 147 Å². The molecule has 0 aliphatic rings. The second kappa shape index (κ2) is 12.0. The van der Waals surface area contributed by atoms with Crippen LogP contribution in [0.3, 0.4) is 0 Å². The molecule has 6 rings (SSSR count). The molecular formula is C39H32N4. The Bertz CT molecular complexity index is 2080. The third-order valence-electron chi connectivity index (χ3n) is 7.66. The summed E-state index contributed by atoms with van der Waals surface area (Å²) in [5.41, 5.74) is 4.36. The van der Waals surface area contributed by atoms with E-state index >= 15 is 0 Å². The zero-order valence-electron chi connectivity index (χ0n) is 24.1. The normalized spacial score (nSPS) is 11.3. The Balaban J connectivity index is 1.81. The minimum atomic E-state index is 0.174. The van der Waals surface area contributed by atoms with E-state index in [0.29, 0.717) is 5.84 Å². The van der Waals surface area contributed by atoms with Crippen molar-refractivity contribution in [2.24, 2.45) is 4.99 Å². The maximum absolute atomic E-state index is 8.96. The molecule has 0 aliphatic heterocycles. The number of aromatic nitrogens is 1. The van der Waals surface area contributed by atoms with Crippen LogP contribution in [0.5, 0.6) is 0 Å². The van der Waals surface area contributed by atoms with Gasteiger partial charge in [-0.3, -0.25) is 15.1 Å². The van der Waals surface area contributed by atoms with Gasteiger partial charge in [0.15, 0.2) is 11.7 Å². The van der Waals surface area contributed by atoms with Crippen LogP contribution in [0.25, 0.3) is 44.6 Å². The van der Waals surface area contributed by atoms with Gasteiger partial charge in [-0.15, -0.1) is 0 Å². The highest BCUT2D eigenvalue weighted by molar-refractivity contribution is 6.17. The van der Waals surface area contributed by atoms with Crippen LogP contribution in [-0.4, -0.2) is 23.4 Å². The number of para-hydroxylation sites is 1. The lowest BCUT2D eigenvalue weighted by molar-refractivity contribution is 0.818. The summed E-state index contributed by atoms with van der Waals surface area (Å²) >= 11 is 0. The van der Waals surface area contributed by atoms with E-state index in [2.05, 4.69) is 84.6 Å². The second-order valence-electron chi connectivity index (χ2n) is 10.2. The lowest BCUT2D eigenvalue weighted by Gasteiger charge is -2.28. The van der Waals surface area contributed by atoms with Crippen LogP contribution in [0.1, 0.15) is 22.4 Å². The van der Waals surface area contributed by atoms with E-state index in [1.807, 2.05) is 90.9 Å². The first-order valence-electron chi connectivity index (χ1n) is 14.2. The Morgan fingerprint density at radius 1 is 0.605 bits per heavy atom. The van der Waals surface area contributed by atoms with Crippen molar-refractivity contribution in [1.82, 2.24) is 4.68 Å². The molecule has 208 valence electrons. The summed E-state index contributed by atoms with van der Waals surface area (Å²) in [6.07, 6.45) is 3.78. The van der Waals surface area contributed by atoms with Crippen LogP contribution < -0.4 is 5.01 Å².